The molecule has 0 unspecified atom stereocenters. The molecule has 2 nitrogen and oxygen atoms in total. The van der Waals surface area contributed by atoms with Crippen LogP contribution in [0.3, 0.4) is 0 Å². The minimum Gasteiger partial charge on any atom is -0.362 e. The number of rotatable bonds is 4. The molecule has 1 fully saturated rings. The van der Waals surface area contributed by atoms with Crippen molar-refractivity contribution in [2.75, 3.05) is 6.54 Å². The molecule has 94 valence electrons. The van der Waals surface area contributed by atoms with Gasteiger partial charge in [-0.25, -0.2) is 0 Å². The van der Waals surface area contributed by atoms with Crippen molar-refractivity contribution >= 4 is 17.3 Å². The Hall–Kier alpha value is -0.310. The van der Waals surface area contributed by atoms with Gasteiger partial charge in [-0.05, 0) is 49.7 Å². The first-order chi connectivity index (χ1) is 7.61. The first-order valence-corrected chi connectivity index (χ1v) is 7.07. The van der Waals surface area contributed by atoms with Crippen LogP contribution in [0.5, 0.6) is 0 Å². The Morgan fingerprint density at radius 1 is 1.25 bits per heavy atom. The van der Waals surface area contributed by atoms with Crippen molar-refractivity contribution in [3.05, 3.63) is 0 Å². The fourth-order valence-electron chi connectivity index (χ4n) is 2.25. The summed E-state index contributed by atoms with van der Waals surface area (Å²) in [5.41, 5.74) is 0. The number of thiocarbonyl (C=S) groups is 1. The standard InChI is InChI=1S/C13H26N2S/c1-4-11-5-7-12(8-6-11)15-13(16)14-9-10(2)3/h10-12H,4-9H2,1-3H3,(H2,14,15,16). The summed E-state index contributed by atoms with van der Waals surface area (Å²) in [6, 6.07) is 0.606. The molecule has 16 heavy (non-hydrogen) atoms. The van der Waals surface area contributed by atoms with Crippen LogP contribution in [0.25, 0.3) is 0 Å². The Balaban J connectivity index is 2.15. The molecule has 0 aromatic carbocycles. The maximum atomic E-state index is 5.29. The van der Waals surface area contributed by atoms with Crippen molar-refractivity contribution in [2.45, 2.75) is 58.9 Å². The summed E-state index contributed by atoms with van der Waals surface area (Å²) in [6.07, 6.45) is 6.62. The van der Waals surface area contributed by atoms with E-state index >= 15 is 0 Å². The van der Waals surface area contributed by atoms with Gasteiger partial charge >= 0.3 is 0 Å². The lowest BCUT2D eigenvalue weighted by Crippen LogP contribution is -2.44. The number of hydrogen-bond donors (Lipinski definition) is 2. The molecule has 0 aliphatic heterocycles. The zero-order valence-corrected chi connectivity index (χ0v) is 11.7. The van der Waals surface area contributed by atoms with E-state index in [2.05, 4.69) is 31.4 Å². The van der Waals surface area contributed by atoms with E-state index in [0.717, 1.165) is 17.6 Å². The Kier molecular flexibility index (Phi) is 6.10. The highest BCUT2D eigenvalue weighted by atomic mass is 32.1. The highest BCUT2D eigenvalue weighted by molar-refractivity contribution is 7.80. The first kappa shape index (κ1) is 13.8. The fourth-order valence-corrected chi connectivity index (χ4v) is 2.50. The van der Waals surface area contributed by atoms with Crippen molar-refractivity contribution in [3.63, 3.8) is 0 Å². The third-order valence-electron chi connectivity index (χ3n) is 3.43. The normalized spacial score (nSPS) is 25.5. The van der Waals surface area contributed by atoms with Crippen molar-refractivity contribution in [1.29, 1.82) is 0 Å². The summed E-state index contributed by atoms with van der Waals surface area (Å²) in [7, 11) is 0. The van der Waals surface area contributed by atoms with E-state index in [1.807, 2.05) is 0 Å². The predicted octanol–water partition coefficient (Wildman–Crippen LogP) is 3.08. The molecule has 1 aliphatic rings. The van der Waals surface area contributed by atoms with E-state index in [1.165, 1.54) is 32.1 Å². The van der Waals surface area contributed by atoms with Crippen LogP contribution in [0.2, 0.25) is 0 Å². The number of nitrogens with one attached hydrogen (secondary N) is 2. The summed E-state index contributed by atoms with van der Waals surface area (Å²) in [5.74, 6) is 1.60. The van der Waals surface area contributed by atoms with Gasteiger partial charge in [0.1, 0.15) is 0 Å². The minimum atomic E-state index is 0.606. The summed E-state index contributed by atoms with van der Waals surface area (Å²) in [5, 5.41) is 7.56. The van der Waals surface area contributed by atoms with Gasteiger partial charge < -0.3 is 10.6 Å². The van der Waals surface area contributed by atoms with Crippen LogP contribution in [-0.2, 0) is 0 Å². The average Bonchev–Trinajstić information content (AvgIpc) is 2.27. The van der Waals surface area contributed by atoms with Gasteiger partial charge in [0.25, 0.3) is 0 Å². The average molecular weight is 242 g/mol. The van der Waals surface area contributed by atoms with E-state index in [0.29, 0.717) is 12.0 Å². The van der Waals surface area contributed by atoms with Crippen LogP contribution in [0.15, 0.2) is 0 Å². The van der Waals surface area contributed by atoms with Crippen molar-refractivity contribution in [1.82, 2.24) is 10.6 Å². The van der Waals surface area contributed by atoms with E-state index in [9.17, 15) is 0 Å². The lowest BCUT2D eigenvalue weighted by atomic mass is 9.85. The topological polar surface area (TPSA) is 24.1 Å². The summed E-state index contributed by atoms with van der Waals surface area (Å²) in [6.45, 7) is 7.66. The molecule has 0 spiro atoms. The molecular weight excluding hydrogens is 216 g/mol. The van der Waals surface area contributed by atoms with Crippen molar-refractivity contribution in [3.8, 4) is 0 Å². The predicted molar refractivity (Wildman–Crippen MR) is 74.6 cm³/mol. The second-order valence-electron chi connectivity index (χ2n) is 5.37. The van der Waals surface area contributed by atoms with Gasteiger partial charge in [0.2, 0.25) is 0 Å². The molecule has 1 aliphatic carbocycles. The zero-order valence-electron chi connectivity index (χ0n) is 10.9. The highest BCUT2D eigenvalue weighted by Gasteiger charge is 2.20. The lowest BCUT2D eigenvalue weighted by molar-refractivity contribution is 0.304. The van der Waals surface area contributed by atoms with Gasteiger partial charge in [-0.1, -0.05) is 27.2 Å². The molecule has 0 atom stereocenters. The Bertz CT molecular complexity index is 208. The lowest BCUT2D eigenvalue weighted by Gasteiger charge is -2.29. The largest absolute Gasteiger partial charge is 0.362 e. The first-order valence-electron chi connectivity index (χ1n) is 6.66. The molecular formula is C13H26N2S. The smallest absolute Gasteiger partial charge is 0.166 e. The van der Waals surface area contributed by atoms with E-state index in [4.69, 9.17) is 12.2 Å². The highest BCUT2D eigenvalue weighted by Crippen LogP contribution is 2.26. The summed E-state index contributed by atoms with van der Waals surface area (Å²) in [4.78, 5) is 0. The van der Waals surface area contributed by atoms with Crippen molar-refractivity contribution in [2.24, 2.45) is 11.8 Å². The summed E-state index contributed by atoms with van der Waals surface area (Å²) >= 11 is 5.29. The molecule has 0 radical (unpaired) electrons. The van der Waals surface area contributed by atoms with E-state index in [-0.39, 0.29) is 0 Å². The Morgan fingerprint density at radius 3 is 2.38 bits per heavy atom. The van der Waals surface area contributed by atoms with Gasteiger partial charge in [-0.2, -0.15) is 0 Å². The molecule has 0 bridgehead atoms. The molecule has 2 N–H and O–H groups in total. The van der Waals surface area contributed by atoms with E-state index in [1.54, 1.807) is 0 Å². The second kappa shape index (κ2) is 7.10. The second-order valence-corrected chi connectivity index (χ2v) is 5.78. The van der Waals surface area contributed by atoms with E-state index < -0.39 is 0 Å². The maximum absolute atomic E-state index is 5.29. The van der Waals surface area contributed by atoms with Crippen LogP contribution < -0.4 is 10.6 Å². The Morgan fingerprint density at radius 2 is 1.88 bits per heavy atom. The molecule has 3 heteroatoms. The molecule has 0 saturated heterocycles. The van der Waals surface area contributed by atoms with Gasteiger partial charge in [-0.3, -0.25) is 0 Å². The Labute approximate surface area is 106 Å². The van der Waals surface area contributed by atoms with Crippen LogP contribution >= 0.6 is 12.2 Å². The third-order valence-corrected chi connectivity index (χ3v) is 3.69. The van der Waals surface area contributed by atoms with Crippen LogP contribution in [0.1, 0.15) is 52.9 Å². The van der Waals surface area contributed by atoms with Crippen molar-refractivity contribution < 1.29 is 0 Å². The molecule has 1 rings (SSSR count). The number of hydrogen-bond acceptors (Lipinski definition) is 1. The molecule has 0 heterocycles. The van der Waals surface area contributed by atoms with Crippen LogP contribution in [0, 0.1) is 11.8 Å². The van der Waals surface area contributed by atoms with Gasteiger partial charge in [0, 0.05) is 12.6 Å². The van der Waals surface area contributed by atoms with Gasteiger partial charge in [0.05, 0.1) is 0 Å². The molecule has 1 saturated carbocycles. The monoisotopic (exact) mass is 242 g/mol. The summed E-state index contributed by atoms with van der Waals surface area (Å²) < 4.78 is 0. The quantitative estimate of drug-likeness (QED) is 0.741. The van der Waals surface area contributed by atoms with Crippen LogP contribution in [-0.4, -0.2) is 17.7 Å². The SMILES string of the molecule is CCC1CCC(NC(=S)NCC(C)C)CC1. The van der Waals surface area contributed by atoms with Gasteiger partial charge in [-0.15, -0.1) is 0 Å². The zero-order chi connectivity index (χ0) is 12.0. The minimum absolute atomic E-state index is 0.606. The third kappa shape index (κ3) is 5.15. The fraction of sp³-hybridized carbons (Fsp3) is 0.923. The van der Waals surface area contributed by atoms with Crippen LogP contribution in [0.4, 0.5) is 0 Å². The maximum Gasteiger partial charge on any atom is 0.166 e. The van der Waals surface area contributed by atoms with Gasteiger partial charge in [0.15, 0.2) is 5.11 Å². The molecule has 0 aromatic heterocycles. The molecule has 0 aromatic rings. The molecule has 0 amide bonds.